The summed E-state index contributed by atoms with van der Waals surface area (Å²) in [4.78, 5) is 1.94. The van der Waals surface area contributed by atoms with Crippen LogP contribution in [0.1, 0.15) is 11.1 Å². The van der Waals surface area contributed by atoms with E-state index in [1.54, 1.807) is 0 Å². The van der Waals surface area contributed by atoms with Crippen molar-refractivity contribution in [3.05, 3.63) is 29.3 Å². The maximum Gasteiger partial charge on any atom is 0.107 e. The van der Waals surface area contributed by atoms with Gasteiger partial charge in [-0.1, -0.05) is 17.7 Å². The van der Waals surface area contributed by atoms with Crippen LogP contribution in [0.2, 0.25) is 0 Å². The number of hydrogen-bond acceptors (Lipinski definition) is 1. The molecule has 0 radical (unpaired) electrons. The second kappa shape index (κ2) is 4.26. The molecule has 0 spiro atoms. The maximum absolute atomic E-state index is 12.1. The third-order valence-corrected chi connectivity index (χ3v) is 2.18. The first-order valence-electron chi connectivity index (χ1n) is 4.49. The van der Waals surface area contributed by atoms with E-state index in [4.69, 9.17) is 0 Å². The van der Waals surface area contributed by atoms with Crippen molar-refractivity contribution in [1.82, 2.24) is 0 Å². The number of benzene rings is 1. The van der Waals surface area contributed by atoms with Gasteiger partial charge in [0.15, 0.2) is 0 Å². The third kappa shape index (κ3) is 2.44. The summed E-state index contributed by atoms with van der Waals surface area (Å²) >= 11 is 0. The minimum Gasteiger partial charge on any atom is -0.372 e. The molecule has 72 valence electrons. The van der Waals surface area contributed by atoms with Gasteiger partial charge in [0.05, 0.1) is 0 Å². The van der Waals surface area contributed by atoms with Crippen LogP contribution in [0.5, 0.6) is 0 Å². The number of anilines is 1. The number of alkyl halides is 1. The molecule has 1 aromatic carbocycles. The molecule has 2 heteroatoms. The summed E-state index contributed by atoms with van der Waals surface area (Å²) in [5.41, 5.74) is 3.56. The van der Waals surface area contributed by atoms with Crippen molar-refractivity contribution in [2.24, 2.45) is 0 Å². The molecule has 0 aliphatic carbocycles. The van der Waals surface area contributed by atoms with Gasteiger partial charge < -0.3 is 4.90 Å². The molecule has 0 heterocycles. The average molecular weight is 181 g/mol. The van der Waals surface area contributed by atoms with Crippen LogP contribution in [0.15, 0.2) is 18.2 Å². The molecule has 0 saturated heterocycles. The predicted octanol–water partition coefficient (Wildman–Crippen LogP) is 2.71. The SMILES string of the molecule is Cc1ccc(N(C)CCF)c(C)c1. The van der Waals surface area contributed by atoms with E-state index in [1.165, 1.54) is 11.1 Å². The predicted molar refractivity (Wildman–Crippen MR) is 55.2 cm³/mol. The zero-order valence-electron chi connectivity index (χ0n) is 8.47. The summed E-state index contributed by atoms with van der Waals surface area (Å²) < 4.78 is 12.1. The lowest BCUT2D eigenvalue weighted by Crippen LogP contribution is -2.20. The molecule has 13 heavy (non-hydrogen) atoms. The van der Waals surface area contributed by atoms with Crippen LogP contribution in [-0.2, 0) is 0 Å². The van der Waals surface area contributed by atoms with Crippen molar-refractivity contribution in [3.8, 4) is 0 Å². The first-order chi connectivity index (χ1) is 6.15. The van der Waals surface area contributed by atoms with Gasteiger partial charge in [-0.2, -0.15) is 0 Å². The summed E-state index contributed by atoms with van der Waals surface area (Å²) in [6.45, 7) is 4.27. The number of aryl methyl sites for hydroxylation is 2. The van der Waals surface area contributed by atoms with Gasteiger partial charge in [0.2, 0.25) is 0 Å². The molecule has 1 aromatic rings. The van der Waals surface area contributed by atoms with Gasteiger partial charge in [0.1, 0.15) is 6.67 Å². The number of halogens is 1. The summed E-state index contributed by atoms with van der Waals surface area (Å²) in [7, 11) is 1.91. The van der Waals surface area contributed by atoms with E-state index >= 15 is 0 Å². The Kier molecular flexibility index (Phi) is 3.29. The van der Waals surface area contributed by atoms with Gasteiger partial charge in [-0.3, -0.25) is 0 Å². The standard InChI is InChI=1S/C11H16FN/c1-9-4-5-11(10(2)8-9)13(3)7-6-12/h4-5,8H,6-7H2,1-3H3. The van der Waals surface area contributed by atoms with Gasteiger partial charge in [0.25, 0.3) is 0 Å². The average Bonchev–Trinajstić information content (AvgIpc) is 2.04. The van der Waals surface area contributed by atoms with Crippen molar-refractivity contribution < 1.29 is 4.39 Å². The fourth-order valence-corrected chi connectivity index (χ4v) is 1.48. The Bertz CT molecular complexity index is 283. The minimum atomic E-state index is -0.302. The second-order valence-corrected chi connectivity index (χ2v) is 3.40. The van der Waals surface area contributed by atoms with Crippen molar-refractivity contribution in [2.75, 3.05) is 25.2 Å². The van der Waals surface area contributed by atoms with E-state index in [0.29, 0.717) is 6.54 Å². The molecular formula is C11H16FN. The molecule has 1 nitrogen and oxygen atoms in total. The lowest BCUT2D eigenvalue weighted by molar-refractivity contribution is 0.497. The Balaban J connectivity index is 2.88. The molecule has 0 aliphatic rings. The van der Waals surface area contributed by atoms with E-state index < -0.39 is 0 Å². The molecule has 0 fully saturated rings. The van der Waals surface area contributed by atoms with Crippen LogP contribution < -0.4 is 4.90 Å². The number of rotatable bonds is 3. The normalized spacial score (nSPS) is 10.2. The largest absolute Gasteiger partial charge is 0.372 e. The van der Waals surface area contributed by atoms with Gasteiger partial charge in [-0.25, -0.2) is 4.39 Å². The van der Waals surface area contributed by atoms with Gasteiger partial charge in [0, 0.05) is 19.3 Å². The van der Waals surface area contributed by atoms with Crippen LogP contribution in [0.4, 0.5) is 10.1 Å². The smallest absolute Gasteiger partial charge is 0.107 e. The van der Waals surface area contributed by atoms with Gasteiger partial charge in [-0.05, 0) is 25.5 Å². The van der Waals surface area contributed by atoms with Crippen LogP contribution >= 0.6 is 0 Å². The maximum atomic E-state index is 12.1. The molecule has 0 aromatic heterocycles. The molecule has 0 bridgehead atoms. The summed E-state index contributed by atoms with van der Waals surface area (Å²) in [6, 6.07) is 6.21. The van der Waals surface area contributed by atoms with E-state index in [2.05, 4.69) is 26.0 Å². The Morgan fingerprint density at radius 1 is 1.31 bits per heavy atom. The fourth-order valence-electron chi connectivity index (χ4n) is 1.48. The molecule has 0 unspecified atom stereocenters. The molecule has 0 aliphatic heterocycles. The Labute approximate surface area is 79.2 Å². The van der Waals surface area contributed by atoms with Crippen LogP contribution in [0, 0.1) is 13.8 Å². The first-order valence-corrected chi connectivity index (χ1v) is 4.49. The molecular weight excluding hydrogens is 165 g/mol. The highest BCUT2D eigenvalue weighted by atomic mass is 19.1. The summed E-state index contributed by atoms with van der Waals surface area (Å²) in [5.74, 6) is 0. The molecule has 0 atom stereocenters. The Morgan fingerprint density at radius 3 is 2.54 bits per heavy atom. The van der Waals surface area contributed by atoms with E-state index in [-0.39, 0.29) is 6.67 Å². The first kappa shape index (κ1) is 10.0. The molecule has 0 N–H and O–H groups in total. The zero-order chi connectivity index (χ0) is 9.84. The minimum absolute atomic E-state index is 0.302. The topological polar surface area (TPSA) is 3.24 Å². The van der Waals surface area contributed by atoms with Crippen LogP contribution in [-0.4, -0.2) is 20.3 Å². The van der Waals surface area contributed by atoms with Crippen molar-refractivity contribution in [3.63, 3.8) is 0 Å². The van der Waals surface area contributed by atoms with Crippen LogP contribution in [0.3, 0.4) is 0 Å². The van der Waals surface area contributed by atoms with E-state index in [9.17, 15) is 4.39 Å². The van der Waals surface area contributed by atoms with Gasteiger partial charge in [-0.15, -0.1) is 0 Å². The lowest BCUT2D eigenvalue weighted by atomic mass is 10.1. The molecule has 1 rings (SSSR count). The monoisotopic (exact) mass is 181 g/mol. The highest BCUT2D eigenvalue weighted by Crippen LogP contribution is 2.19. The van der Waals surface area contributed by atoms with Gasteiger partial charge >= 0.3 is 0 Å². The van der Waals surface area contributed by atoms with E-state index in [0.717, 1.165) is 5.69 Å². The van der Waals surface area contributed by atoms with E-state index in [1.807, 2.05) is 18.0 Å². The zero-order valence-corrected chi connectivity index (χ0v) is 8.47. The summed E-state index contributed by atoms with van der Waals surface area (Å²) in [6.07, 6.45) is 0. The second-order valence-electron chi connectivity index (χ2n) is 3.40. The van der Waals surface area contributed by atoms with Crippen molar-refractivity contribution in [2.45, 2.75) is 13.8 Å². The van der Waals surface area contributed by atoms with Crippen LogP contribution in [0.25, 0.3) is 0 Å². The molecule has 0 amide bonds. The highest BCUT2D eigenvalue weighted by molar-refractivity contribution is 5.53. The highest BCUT2D eigenvalue weighted by Gasteiger charge is 2.03. The number of nitrogens with zero attached hydrogens (tertiary/aromatic N) is 1. The third-order valence-electron chi connectivity index (χ3n) is 2.18. The van der Waals surface area contributed by atoms with Crippen molar-refractivity contribution >= 4 is 5.69 Å². The quantitative estimate of drug-likeness (QED) is 0.693. The number of hydrogen-bond donors (Lipinski definition) is 0. The Hall–Kier alpha value is -1.05. The molecule has 0 saturated carbocycles. The van der Waals surface area contributed by atoms with Crippen molar-refractivity contribution in [1.29, 1.82) is 0 Å². The summed E-state index contributed by atoms with van der Waals surface area (Å²) in [5, 5.41) is 0. The Morgan fingerprint density at radius 2 is 2.00 bits per heavy atom. The fraction of sp³-hybridized carbons (Fsp3) is 0.455. The lowest BCUT2D eigenvalue weighted by Gasteiger charge is -2.20.